The molecule has 1 aliphatic rings. The second kappa shape index (κ2) is 6.33. The Morgan fingerprint density at radius 3 is 2.95 bits per heavy atom. The molecule has 2 aromatic rings. The van der Waals surface area contributed by atoms with E-state index in [1.165, 1.54) is 17.8 Å². The van der Waals surface area contributed by atoms with Crippen molar-refractivity contribution in [1.82, 2.24) is 15.3 Å². The largest absolute Gasteiger partial charge is 0.378 e. The smallest absolute Gasteiger partial charge is 0.0961 e. The lowest BCUT2D eigenvalue weighted by atomic mass is 9.99. The van der Waals surface area contributed by atoms with Gasteiger partial charge in [-0.2, -0.15) is 0 Å². The lowest BCUT2D eigenvalue weighted by Crippen LogP contribution is -2.26. The number of thiazole rings is 1. The van der Waals surface area contributed by atoms with Gasteiger partial charge in [0, 0.05) is 17.0 Å². The van der Waals surface area contributed by atoms with Gasteiger partial charge in [0.1, 0.15) is 0 Å². The van der Waals surface area contributed by atoms with Crippen molar-refractivity contribution < 1.29 is 0 Å². The highest BCUT2D eigenvalue weighted by atomic mass is 32.1. The fourth-order valence-corrected chi connectivity index (χ4v) is 3.42. The quantitative estimate of drug-likeness (QED) is 0.908. The van der Waals surface area contributed by atoms with Crippen LogP contribution in [0, 0.1) is 6.92 Å². The van der Waals surface area contributed by atoms with Crippen molar-refractivity contribution in [2.24, 2.45) is 0 Å². The molecule has 3 rings (SSSR count). The van der Waals surface area contributed by atoms with E-state index >= 15 is 0 Å². The number of rotatable bonds is 4. The number of aryl methyl sites for hydroxylation is 1. The summed E-state index contributed by atoms with van der Waals surface area (Å²) in [6, 6.07) is 4.08. The van der Waals surface area contributed by atoms with Gasteiger partial charge in [-0.15, -0.1) is 11.3 Å². The maximum atomic E-state index is 4.77. The molecule has 3 heterocycles. The van der Waals surface area contributed by atoms with Gasteiger partial charge >= 0.3 is 0 Å². The summed E-state index contributed by atoms with van der Waals surface area (Å²) < 4.78 is 0. The zero-order valence-electron chi connectivity index (χ0n) is 11.7. The third-order valence-electron chi connectivity index (χ3n) is 3.64. The van der Waals surface area contributed by atoms with Crippen LogP contribution in [0.15, 0.2) is 23.7 Å². The Balaban J connectivity index is 1.58. The Morgan fingerprint density at radius 1 is 1.35 bits per heavy atom. The number of piperidine rings is 1. The summed E-state index contributed by atoms with van der Waals surface area (Å²) in [5.74, 6) is 0.649. The van der Waals surface area contributed by atoms with Gasteiger partial charge in [0.25, 0.3) is 0 Å². The molecular weight excluding hydrogens is 268 g/mol. The fraction of sp³-hybridized carbons (Fsp3) is 0.467. The molecular formula is C15H20N4S. The Kier molecular flexibility index (Phi) is 4.28. The van der Waals surface area contributed by atoms with Gasteiger partial charge in [0.2, 0.25) is 0 Å². The predicted molar refractivity (Wildman–Crippen MR) is 83.3 cm³/mol. The van der Waals surface area contributed by atoms with Crippen LogP contribution in [0.1, 0.15) is 35.2 Å². The number of aromatic nitrogens is 2. The van der Waals surface area contributed by atoms with Crippen LogP contribution in [-0.2, 0) is 6.54 Å². The van der Waals surface area contributed by atoms with Gasteiger partial charge in [0.05, 0.1) is 29.1 Å². The molecule has 0 spiro atoms. The maximum Gasteiger partial charge on any atom is 0.0961 e. The minimum absolute atomic E-state index is 0.649. The van der Waals surface area contributed by atoms with Gasteiger partial charge in [-0.05, 0) is 45.0 Å². The van der Waals surface area contributed by atoms with Crippen molar-refractivity contribution in [2.45, 2.75) is 32.2 Å². The molecule has 1 fully saturated rings. The molecule has 106 valence electrons. The number of hydrogen-bond acceptors (Lipinski definition) is 5. The highest BCUT2D eigenvalue weighted by Crippen LogP contribution is 2.28. The van der Waals surface area contributed by atoms with E-state index < -0.39 is 0 Å². The molecule has 4 nitrogen and oxygen atoms in total. The lowest BCUT2D eigenvalue weighted by Gasteiger charge is -2.20. The van der Waals surface area contributed by atoms with E-state index in [1.54, 1.807) is 11.3 Å². The average Bonchev–Trinajstić information content (AvgIpc) is 2.97. The molecule has 1 aliphatic heterocycles. The second-order valence-corrected chi connectivity index (χ2v) is 6.13. The maximum absolute atomic E-state index is 4.77. The van der Waals surface area contributed by atoms with Crippen molar-refractivity contribution in [3.8, 4) is 0 Å². The molecule has 0 aromatic carbocycles. The standard InChI is InChI=1S/C15H20N4S/c1-11-2-3-13(8-17-11)18-9-14-10-20-15(19-14)12-4-6-16-7-5-12/h2-3,8,10,12,16,18H,4-7,9H2,1H3. The molecule has 2 N–H and O–H groups in total. The number of hydrogen-bond donors (Lipinski definition) is 2. The van der Waals surface area contributed by atoms with Gasteiger partial charge in [0.15, 0.2) is 0 Å². The average molecular weight is 288 g/mol. The van der Waals surface area contributed by atoms with E-state index in [2.05, 4.69) is 27.1 Å². The molecule has 1 saturated heterocycles. The Hall–Kier alpha value is -1.46. The third kappa shape index (κ3) is 3.35. The van der Waals surface area contributed by atoms with Crippen LogP contribution in [0.4, 0.5) is 5.69 Å². The van der Waals surface area contributed by atoms with Crippen molar-refractivity contribution >= 4 is 17.0 Å². The zero-order valence-corrected chi connectivity index (χ0v) is 12.5. The Labute approximate surface area is 123 Å². The van der Waals surface area contributed by atoms with E-state index in [0.29, 0.717) is 5.92 Å². The highest BCUT2D eigenvalue weighted by molar-refractivity contribution is 7.09. The van der Waals surface area contributed by atoms with Crippen LogP contribution in [0.3, 0.4) is 0 Å². The van der Waals surface area contributed by atoms with E-state index in [1.807, 2.05) is 19.2 Å². The molecule has 5 heteroatoms. The van der Waals surface area contributed by atoms with Crippen LogP contribution < -0.4 is 10.6 Å². The first-order chi connectivity index (χ1) is 9.81. The van der Waals surface area contributed by atoms with Gasteiger partial charge in [-0.25, -0.2) is 4.98 Å². The monoisotopic (exact) mass is 288 g/mol. The van der Waals surface area contributed by atoms with Crippen LogP contribution >= 0.6 is 11.3 Å². The van der Waals surface area contributed by atoms with Gasteiger partial charge < -0.3 is 10.6 Å². The zero-order chi connectivity index (χ0) is 13.8. The van der Waals surface area contributed by atoms with E-state index in [9.17, 15) is 0 Å². The fourth-order valence-electron chi connectivity index (χ4n) is 2.43. The predicted octanol–water partition coefficient (Wildman–Crippen LogP) is 2.93. The molecule has 0 amide bonds. The van der Waals surface area contributed by atoms with Crippen LogP contribution in [0.5, 0.6) is 0 Å². The second-order valence-electron chi connectivity index (χ2n) is 5.24. The number of nitrogens with one attached hydrogen (secondary N) is 2. The summed E-state index contributed by atoms with van der Waals surface area (Å²) in [6.07, 6.45) is 4.29. The van der Waals surface area contributed by atoms with Crippen molar-refractivity contribution in [3.63, 3.8) is 0 Å². The van der Waals surface area contributed by atoms with Crippen LogP contribution in [-0.4, -0.2) is 23.1 Å². The first-order valence-corrected chi connectivity index (χ1v) is 8.01. The molecule has 0 atom stereocenters. The minimum atomic E-state index is 0.649. The summed E-state index contributed by atoms with van der Waals surface area (Å²) >= 11 is 1.80. The number of anilines is 1. The minimum Gasteiger partial charge on any atom is -0.378 e. The number of nitrogens with zero attached hydrogens (tertiary/aromatic N) is 2. The summed E-state index contributed by atoms with van der Waals surface area (Å²) in [6.45, 7) is 5.00. The SMILES string of the molecule is Cc1ccc(NCc2csc(C3CCNCC3)n2)cn1. The van der Waals surface area contributed by atoms with Crippen LogP contribution in [0.2, 0.25) is 0 Å². The highest BCUT2D eigenvalue weighted by Gasteiger charge is 2.18. The molecule has 0 bridgehead atoms. The topological polar surface area (TPSA) is 49.8 Å². The van der Waals surface area contributed by atoms with E-state index in [0.717, 1.165) is 36.7 Å². The Bertz CT molecular complexity index is 543. The van der Waals surface area contributed by atoms with E-state index in [4.69, 9.17) is 4.98 Å². The van der Waals surface area contributed by atoms with Gasteiger partial charge in [-0.1, -0.05) is 0 Å². The summed E-state index contributed by atoms with van der Waals surface area (Å²) in [5, 5.41) is 10.2. The third-order valence-corrected chi connectivity index (χ3v) is 4.70. The number of pyridine rings is 1. The van der Waals surface area contributed by atoms with Crippen LogP contribution in [0.25, 0.3) is 0 Å². The van der Waals surface area contributed by atoms with Crippen molar-refractivity contribution in [2.75, 3.05) is 18.4 Å². The molecule has 0 aliphatic carbocycles. The normalized spacial score (nSPS) is 16.2. The molecule has 2 aromatic heterocycles. The molecule has 0 unspecified atom stereocenters. The molecule has 20 heavy (non-hydrogen) atoms. The summed E-state index contributed by atoms with van der Waals surface area (Å²) in [7, 11) is 0. The summed E-state index contributed by atoms with van der Waals surface area (Å²) in [5.41, 5.74) is 3.22. The first-order valence-electron chi connectivity index (χ1n) is 7.13. The van der Waals surface area contributed by atoms with Gasteiger partial charge in [-0.3, -0.25) is 4.98 Å². The first kappa shape index (κ1) is 13.5. The summed E-state index contributed by atoms with van der Waals surface area (Å²) in [4.78, 5) is 9.06. The molecule has 0 radical (unpaired) electrons. The van der Waals surface area contributed by atoms with E-state index in [-0.39, 0.29) is 0 Å². The van der Waals surface area contributed by atoms with Crippen molar-refractivity contribution in [1.29, 1.82) is 0 Å². The molecule has 0 saturated carbocycles. The lowest BCUT2D eigenvalue weighted by molar-refractivity contribution is 0.458. The Morgan fingerprint density at radius 2 is 2.20 bits per heavy atom. The van der Waals surface area contributed by atoms with Crippen molar-refractivity contribution in [3.05, 3.63) is 40.1 Å².